The van der Waals surface area contributed by atoms with E-state index in [0.717, 1.165) is 61.4 Å². The maximum absolute atomic E-state index is 6.06. The van der Waals surface area contributed by atoms with Crippen LogP contribution in [0, 0.1) is 6.92 Å². The third-order valence-electron chi connectivity index (χ3n) is 5.38. The van der Waals surface area contributed by atoms with Crippen LogP contribution in [0.2, 0.25) is 0 Å². The highest BCUT2D eigenvalue weighted by Gasteiger charge is 2.15. The molecule has 2 N–H and O–H groups in total. The topological polar surface area (TPSA) is 65.0 Å². The van der Waals surface area contributed by atoms with E-state index >= 15 is 0 Å². The summed E-state index contributed by atoms with van der Waals surface area (Å²) in [6.07, 6.45) is 1.91. The molecule has 1 unspecified atom stereocenters. The van der Waals surface area contributed by atoms with E-state index in [9.17, 15) is 0 Å². The van der Waals surface area contributed by atoms with Crippen molar-refractivity contribution in [1.82, 2.24) is 20.5 Å². The molecule has 7 nitrogen and oxygen atoms in total. The molecule has 2 aromatic rings. The van der Waals surface area contributed by atoms with Crippen LogP contribution in [0.4, 0.5) is 5.82 Å². The first kappa shape index (κ1) is 22.9. The third-order valence-corrected chi connectivity index (χ3v) is 5.38. The number of aromatic nitrogens is 1. The molecule has 1 saturated heterocycles. The first-order valence-corrected chi connectivity index (χ1v) is 11.2. The highest BCUT2D eigenvalue weighted by atomic mass is 16.5. The number of nitrogens with zero attached hydrogens (tertiary/aromatic N) is 4. The van der Waals surface area contributed by atoms with Crippen molar-refractivity contribution in [3.63, 3.8) is 0 Å². The molecule has 2 heterocycles. The Morgan fingerprint density at radius 1 is 1.16 bits per heavy atom. The van der Waals surface area contributed by atoms with E-state index in [1.807, 2.05) is 30.5 Å². The number of ether oxygens (including phenoxy) is 1. The van der Waals surface area contributed by atoms with Crippen LogP contribution in [0.5, 0.6) is 5.75 Å². The largest absolute Gasteiger partial charge is 0.489 e. The standard InChI is InChI=1S/C24H36N6O/c1-5-25-24(27-17-20(3)31-22-9-7-6-8-19(22)2)28-18-21-10-11-26-23(16-21)30-14-12-29(4)13-15-30/h6-11,16,20H,5,12-15,17-18H2,1-4H3,(H2,25,27,28). The molecule has 0 saturated carbocycles. The molecule has 31 heavy (non-hydrogen) atoms. The Kier molecular flexibility index (Phi) is 8.53. The van der Waals surface area contributed by atoms with Crippen molar-refractivity contribution in [2.45, 2.75) is 33.4 Å². The molecule has 7 heteroatoms. The van der Waals surface area contributed by atoms with Gasteiger partial charge < -0.3 is 25.2 Å². The lowest BCUT2D eigenvalue weighted by atomic mass is 10.2. The van der Waals surface area contributed by atoms with Crippen LogP contribution in [0.1, 0.15) is 25.0 Å². The van der Waals surface area contributed by atoms with Crippen molar-refractivity contribution >= 4 is 11.8 Å². The first-order chi connectivity index (χ1) is 15.0. The minimum Gasteiger partial charge on any atom is -0.489 e. The first-order valence-electron chi connectivity index (χ1n) is 11.2. The zero-order valence-corrected chi connectivity index (χ0v) is 19.3. The number of benzene rings is 1. The molecule has 1 atom stereocenters. The highest BCUT2D eigenvalue weighted by Crippen LogP contribution is 2.18. The minimum atomic E-state index is 0.0229. The third kappa shape index (κ3) is 7.14. The Morgan fingerprint density at radius 3 is 2.68 bits per heavy atom. The van der Waals surface area contributed by atoms with Gasteiger partial charge in [0.15, 0.2) is 5.96 Å². The normalized spacial score (nSPS) is 16.1. The summed E-state index contributed by atoms with van der Waals surface area (Å²) in [4.78, 5) is 14.0. The second-order valence-electron chi connectivity index (χ2n) is 8.08. The number of anilines is 1. The fourth-order valence-electron chi connectivity index (χ4n) is 3.47. The maximum atomic E-state index is 6.06. The van der Waals surface area contributed by atoms with E-state index in [2.05, 4.69) is 65.4 Å². The number of guanidine groups is 1. The average molecular weight is 425 g/mol. The molecule has 1 aliphatic heterocycles. The summed E-state index contributed by atoms with van der Waals surface area (Å²) in [6, 6.07) is 12.3. The van der Waals surface area contributed by atoms with Crippen molar-refractivity contribution in [3.8, 4) is 5.75 Å². The lowest BCUT2D eigenvalue weighted by molar-refractivity contribution is 0.222. The van der Waals surface area contributed by atoms with Gasteiger partial charge in [-0.3, -0.25) is 0 Å². The van der Waals surface area contributed by atoms with Crippen molar-refractivity contribution in [1.29, 1.82) is 0 Å². The second-order valence-corrected chi connectivity index (χ2v) is 8.08. The molecular formula is C24H36N6O. The molecule has 1 aromatic carbocycles. The van der Waals surface area contributed by atoms with Crippen LogP contribution < -0.4 is 20.3 Å². The number of pyridine rings is 1. The number of hydrogen-bond donors (Lipinski definition) is 2. The molecule has 0 radical (unpaired) electrons. The van der Waals surface area contributed by atoms with Crippen LogP contribution in [0.15, 0.2) is 47.6 Å². The Bertz CT molecular complexity index is 847. The number of para-hydroxylation sites is 1. The monoisotopic (exact) mass is 424 g/mol. The van der Waals surface area contributed by atoms with Gasteiger partial charge in [-0.1, -0.05) is 18.2 Å². The Labute approximate surface area is 186 Å². The number of rotatable bonds is 8. The van der Waals surface area contributed by atoms with E-state index in [4.69, 9.17) is 9.73 Å². The Balaban J connectivity index is 1.55. The predicted octanol–water partition coefficient (Wildman–Crippen LogP) is 2.66. The van der Waals surface area contributed by atoms with Crippen LogP contribution in [-0.4, -0.2) is 68.3 Å². The van der Waals surface area contributed by atoms with E-state index < -0.39 is 0 Å². The van der Waals surface area contributed by atoms with Gasteiger partial charge in [0.05, 0.1) is 13.1 Å². The fourth-order valence-corrected chi connectivity index (χ4v) is 3.47. The Hall–Kier alpha value is -2.80. The molecule has 1 fully saturated rings. The molecule has 0 aliphatic carbocycles. The lowest BCUT2D eigenvalue weighted by Crippen LogP contribution is -2.44. The van der Waals surface area contributed by atoms with Gasteiger partial charge in [-0.2, -0.15) is 0 Å². The number of aryl methyl sites for hydroxylation is 1. The van der Waals surface area contributed by atoms with Gasteiger partial charge in [-0.15, -0.1) is 0 Å². The molecule has 3 rings (SSSR count). The molecule has 0 bridgehead atoms. The summed E-state index contributed by atoms with van der Waals surface area (Å²) < 4.78 is 6.06. The summed E-state index contributed by atoms with van der Waals surface area (Å²) in [5.74, 6) is 2.76. The number of aliphatic imine (C=N–C) groups is 1. The molecular weight excluding hydrogens is 388 g/mol. The summed E-state index contributed by atoms with van der Waals surface area (Å²) >= 11 is 0. The Morgan fingerprint density at radius 2 is 1.94 bits per heavy atom. The summed E-state index contributed by atoms with van der Waals surface area (Å²) in [5.41, 5.74) is 2.30. The summed E-state index contributed by atoms with van der Waals surface area (Å²) in [6.45, 7) is 12.4. The van der Waals surface area contributed by atoms with Gasteiger partial charge in [0.2, 0.25) is 0 Å². The highest BCUT2D eigenvalue weighted by molar-refractivity contribution is 5.79. The average Bonchev–Trinajstić information content (AvgIpc) is 2.78. The maximum Gasteiger partial charge on any atom is 0.191 e. The van der Waals surface area contributed by atoms with Crippen molar-refractivity contribution < 1.29 is 4.74 Å². The summed E-state index contributed by atoms with van der Waals surface area (Å²) in [5, 5.41) is 6.71. The molecule has 168 valence electrons. The summed E-state index contributed by atoms with van der Waals surface area (Å²) in [7, 11) is 2.16. The zero-order valence-electron chi connectivity index (χ0n) is 19.3. The van der Waals surface area contributed by atoms with Crippen molar-refractivity contribution in [2.24, 2.45) is 4.99 Å². The van der Waals surface area contributed by atoms with Crippen LogP contribution >= 0.6 is 0 Å². The minimum absolute atomic E-state index is 0.0229. The quantitative estimate of drug-likeness (QED) is 0.502. The number of hydrogen-bond acceptors (Lipinski definition) is 5. The molecule has 1 aromatic heterocycles. The van der Waals surface area contributed by atoms with Crippen LogP contribution in [0.25, 0.3) is 0 Å². The van der Waals surface area contributed by atoms with Gasteiger partial charge in [-0.05, 0) is 57.1 Å². The zero-order chi connectivity index (χ0) is 22.1. The molecule has 1 aliphatic rings. The van der Waals surface area contributed by atoms with Crippen LogP contribution in [-0.2, 0) is 6.54 Å². The van der Waals surface area contributed by atoms with E-state index in [0.29, 0.717) is 13.1 Å². The van der Waals surface area contributed by atoms with Gasteiger partial charge in [0.25, 0.3) is 0 Å². The predicted molar refractivity (Wildman–Crippen MR) is 128 cm³/mol. The second kappa shape index (κ2) is 11.6. The van der Waals surface area contributed by atoms with Crippen molar-refractivity contribution in [3.05, 3.63) is 53.7 Å². The smallest absolute Gasteiger partial charge is 0.191 e. The van der Waals surface area contributed by atoms with Gasteiger partial charge in [-0.25, -0.2) is 9.98 Å². The molecule has 0 amide bonds. The van der Waals surface area contributed by atoms with Crippen molar-refractivity contribution in [2.75, 3.05) is 51.2 Å². The van der Waals surface area contributed by atoms with Gasteiger partial charge in [0, 0.05) is 38.9 Å². The van der Waals surface area contributed by atoms with E-state index in [1.165, 1.54) is 0 Å². The fraction of sp³-hybridized carbons (Fsp3) is 0.500. The van der Waals surface area contributed by atoms with Crippen LogP contribution in [0.3, 0.4) is 0 Å². The van der Waals surface area contributed by atoms with Gasteiger partial charge >= 0.3 is 0 Å². The van der Waals surface area contributed by atoms with E-state index in [1.54, 1.807) is 0 Å². The molecule has 0 spiro atoms. The van der Waals surface area contributed by atoms with Gasteiger partial charge in [0.1, 0.15) is 17.7 Å². The van der Waals surface area contributed by atoms with E-state index in [-0.39, 0.29) is 6.10 Å². The SMILES string of the molecule is CCNC(=NCc1ccnc(N2CCN(C)CC2)c1)NCC(C)Oc1ccccc1C. The number of piperazine rings is 1. The number of nitrogens with one attached hydrogen (secondary N) is 2. The number of likely N-dealkylation sites (N-methyl/N-ethyl adjacent to an activating group) is 1. The lowest BCUT2D eigenvalue weighted by Gasteiger charge is -2.33.